The van der Waals surface area contributed by atoms with E-state index in [4.69, 9.17) is 28.1 Å². The maximum absolute atomic E-state index is 13.4. The van der Waals surface area contributed by atoms with Crippen LogP contribution in [0.1, 0.15) is 5.56 Å². The highest BCUT2D eigenvalue weighted by Crippen LogP contribution is 2.37. The van der Waals surface area contributed by atoms with Crippen molar-refractivity contribution in [1.29, 1.82) is 0 Å². The van der Waals surface area contributed by atoms with Crippen molar-refractivity contribution in [2.75, 3.05) is 40.4 Å². The van der Waals surface area contributed by atoms with E-state index in [2.05, 4.69) is 5.32 Å². The quantitative estimate of drug-likeness (QED) is 0.345. The van der Waals surface area contributed by atoms with E-state index >= 15 is 0 Å². The van der Waals surface area contributed by atoms with Gasteiger partial charge in [-0.25, -0.2) is 0 Å². The lowest BCUT2D eigenvalue weighted by Crippen LogP contribution is -2.22. The minimum absolute atomic E-state index is 0.0916. The average Bonchev–Trinajstić information content (AvgIpc) is 2.91. The normalized spacial score (nSPS) is 10.6. The maximum atomic E-state index is 13.4. The third-order valence-corrected chi connectivity index (χ3v) is 5.67. The molecule has 1 amide bonds. The highest BCUT2D eigenvalue weighted by atomic mass is 16.5. The lowest BCUT2D eigenvalue weighted by atomic mass is 10.1. The van der Waals surface area contributed by atoms with Gasteiger partial charge in [-0.05, 0) is 55.0 Å². The first kappa shape index (κ1) is 25.4. The van der Waals surface area contributed by atoms with Crippen LogP contribution in [0.25, 0.3) is 22.3 Å². The molecular weight excluding hydrogens is 478 g/mol. The first-order valence-corrected chi connectivity index (χ1v) is 11.3. The zero-order valence-corrected chi connectivity index (χ0v) is 21.2. The fourth-order valence-electron chi connectivity index (χ4n) is 3.83. The Labute approximate surface area is 213 Å². The van der Waals surface area contributed by atoms with Crippen molar-refractivity contribution >= 4 is 22.6 Å². The van der Waals surface area contributed by atoms with Crippen LogP contribution in [0, 0.1) is 6.92 Å². The molecule has 4 rings (SSSR count). The number of nitrogens with one attached hydrogen (secondary N) is 1. The molecule has 9 heteroatoms. The molecule has 4 aromatic rings. The van der Waals surface area contributed by atoms with Gasteiger partial charge in [-0.2, -0.15) is 0 Å². The largest absolute Gasteiger partial charge is 0.493 e. The molecule has 0 spiro atoms. The zero-order valence-electron chi connectivity index (χ0n) is 21.2. The summed E-state index contributed by atoms with van der Waals surface area (Å²) in [6.07, 6.45) is 0. The monoisotopic (exact) mass is 505 g/mol. The number of hydrogen-bond acceptors (Lipinski definition) is 8. The van der Waals surface area contributed by atoms with Crippen molar-refractivity contribution < 1.29 is 32.9 Å². The number of amides is 1. The topological polar surface area (TPSA) is 105 Å². The number of fused-ring (bicyclic) bond motifs is 1. The second-order valence-electron chi connectivity index (χ2n) is 8.07. The molecule has 0 saturated carbocycles. The van der Waals surface area contributed by atoms with Crippen molar-refractivity contribution in [3.8, 4) is 40.1 Å². The first-order chi connectivity index (χ1) is 17.9. The van der Waals surface area contributed by atoms with Crippen LogP contribution >= 0.6 is 0 Å². The summed E-state index contributed by atoms with van der Waals surface area (Å²) in [6, 6.07) is 15.3. The van der Waals surface area contributed by atoms with Crippen molar-refractivity contribution in [2.24, 2.45) is 0 Å². The van der Waals surface area contributed by atoms with Gasteiger partial charge in [0.25, 0.3) is 5.91 Å². The second-order valence-corrected chi connectivity index (χ2v) is 8.07. The minimum Gasteiger partial charge on any atom is -0.493 e. The summed E-state index contributed by atoms with van der Waals surface area (Å²) >= 11 is 0. The van der Waals surface area contributed by atoms with E-state index in [1.165, 1.54) is 28.4 Å². The van der Waals surface area contributed by atoms with E-state index in [0.717, 1.165) is 5.56 Å². The van der Waals surface area contributed by atoms with Crippen LogP contribution < -0.4 is 34.4 Å². The maximum Gasteiger partial charge on any atom is 0.262 e. The van der Waals surface area contributed by atoms with Gasteiger partial charge in [-0.3, -0.25) is 9.59 Å². The average molecular weight is 506 g/mol. The van der Waals surface area contributed by atoms with Crippen LogP contribution in [0.2, 0.25) is 0 Å². The van der Waals surface area contributed by atoms with Gasteiger partial charge in [0.2, 0.25) is 11.2 Å². The molecule has 0 bridgehead atoms. The van der Waals surface area contributed by atoms with Gasteiger partial charge in [-0.15, -0.1) is 0 Å². The van der Waals surface area contributed by atoms with Crippen molar-refractivity contribution in [3.05, 3.63) is 70.4 Å². The van der Waals surface area contributed by atoms with Gasteiger partial charge in [0, 0.05) is 17.3 Å². The minimum atomic E-state index is -0.478. The molecule has 1 heterocycles. The number of hydrogen-bond donors (Lipinski definition) is 1. The van der Waals surface area contributed by atoms with Crippen LogP contribution in [0.3, 0.4) is 0 Å². The smallest absolute Gasteiger partial charge is 0.262 e. The predicted molar refractivity (Wildman–Crippen MR) is 139 cm³/mol. The number of rotatable bonds is 9. The van der Waals surface area contributed by atoms with E-state index in [0.29, 0.717) is 45.2 Å². The van der Waals surface area contributed by atoms with Gasteiger partial charge in [0.1, 0.15) is 5.58 Å². The van der Waals surface area contributed by atoms with Gasteiger partial charge in [0.15, 0.2) is 35.4 Å². The Balaban J connectivity index is 1.69. The van der Waals surface area contributed by atoms with E-state index < -0.39 is 17.9 Å². The van der Waals surface area contributed by atoms with Gasteiger partial charge in [0.05, 0.1) is 33.8 Å². The molecule has 9 nitrogen and oxygen atoms in total. The number of carbonyl (C=O) groups excluding carboxylic acids is 1. The molecule has 192 valence electrons. The Morgan fingerprint density at radius 3 is 2.14 bits per heavy atom. The molecule has 0 aliphatic carbocycles. The summed E-state index contributed by atoms with van der Waals surface area (Å²) in [5.41, 5.74) is 1.93. The first-order valence-electron chi connectivity index (χ1n) is 11.3. The lowest BCUT2D eigenvalue weighted by molar-refractivity contribution is -0.118. The second kappa shape index (κ2) is 10.9. The molecule has 0 aliphatic heterocycles. The molecule has 0 fully saturated rings. The molecule has 0 unspecified atom stereocenters. The Bertz CT molecular complexity index is 1510. The fraction of sp³-hybridized carbons (Fsp3) is 0.214. The number of aryl methyl sites for hydroxylation is 1. The standard InChI is InChI=1S/C28H27NO8/c1-16-6-9-19-22(12-16)37-27(17-7-10-20(32-2)23(13-17)34-4)28(26(19)31)36-15-25(30)29-18-8-11-21(33-3)24(14-18)35-5/h6-14H,15H2,1-5H3,(H,29,30). The number of ether oxygens (including phenoxy) is 5. The van der Waals surface area contributed by atoms with Gasteiger partial charge < -0.3 is 33.4 Å². The predicted octanol–water partition coefficient (Wildman–Crippen LogP) is 4.82. The highest BCUT2D eigenvalue weighted by molar-refractivity contribution is 5.92. The zero-order chi connectivity index (χ0) is 26.5. The number of methoxy groups -OCH3 is 4. The summed E-state index contributed by atoms with van der Waals surface area (Å²) in [6.45, 7) is 1.47. The Kier molecular flexibility index (Phi) is 7.52. The fourth-order valence-corrected chi connectivity index (χ4v) is 3.83. The van der Waals surface area contributed by atoms with E-state index in [1.807, 2.05) is 13.0 Å². The summed E-state index contributed by atoms with van der Waals surface area (Å²) in [4.78, 5) is 26.1. The van der Waals surface area contributed by atoms with Crippen LogP contribution in [-0.4, -0.2) is 41.0 Å². The molecule has 0 atom stereocenters. The van der Waals surface area contributed by atoms with Crippen molar-refractivity contribution in [3.63, 3.8) is 0 Å². The summed E-state index contributed by atoms with van der Waals surface area (Å²) in [7, 11) is 6.07. The summed E-state index contributed by atoms with van der Waals surface area (Å²) in [5, 5.41) is 3.06. The number of benzene rings is 3. The van der Waals surface area contributed by atoms with E-state index in [-0.39, 0.29) is 11.5 Å². The van der Waals surface area contributed by atoms with Crippen LogP contribution in [0.4, 0.5) is 5.69 Å². The molecule has 0 aliphatic rings. The van der Waals surface area contributed by atoms with Crippen LogP contribution in [-0.2, 0) is 4.79 Å². The van der Waals surface area contributed by atoms with Crippen molar-refractivity contribution in [2.45, 2.75) is 6.92 Å². The number of carbonyl (C=O) groups is 1. The molecule has 3 aromatic carbocycles. The van der Waals surface area contributed by atoms with E-state index in [1.54, 1.807) is 48.5 Å². The summed E-state index contributed by atoms with van der Waals surface area (Å²) in [5.74, 6) is 1.55. The van der Waals surface area contributed by atoms with Crippen molar-refractivity contribution in [1.82, 2.24) is 0 Å². The molecule has 1 N–H and O–H groups in total. The number of anilines is 1. The Morgan fingerprint density at radius 2 is 1.46 bits per heavy atom. The third kappa shape index (κ3) is 5.30. The van der Waals surface area contributed by atoms with Crippen LogP contribution in [0.5, 0.6) is 28.7 Å². The molecule has 37 heavy (non-hydrogen) atoms. The molecular formula is C28H27NO8. The Morgan fingerprint density at radius 1 is 0.811 bits per heavy atom. The summed E-state index contributed by atoms with van der Waals surface area (Å²) < 4.78 is 33.1. The van der Waals surface area contributed by atoms with Gasteiger partial charge in [-0.1, -0.05) is 6.07 Å². The molecule has 0 saturated heterocycles. The lowest BCUT2D eigenvalue weighted by Gasteiger charge is -2.14. The molecule has 0 radical (unpaired) electrons. The highest BCUT2D eigenvalue weighted by Gasteiger charge is 2.21. The van der Waals surface area contributed by atoms with Crippen LogP contribution in [0.15, 0.2) is 63.8 Å². The third-order valence-electron chi connectivity index (χ3n) is 5.67. The van der Waals surface area contributed by atoms with Gasteiger partial charge >= 0.3 is 0 Å². The Hall–Kier alpha value is -4.66. The SMILES string of the molecule is COc1ccc(NC(=O)COc2c(-c3ccc(OC)c(OC)c3)oc3cc(C)ccc3c2=O)cc1OC. The molecule has 1 aromatic heterocycles. The van der Waals surface area contributed by atoms with E-state index in [9.17, 15) is 9.59 Å².